The highest BCUT2D eigenvalue weighted by Crippen LogP contribution is 2.39. The van der Waals surface area contributed by atoms with Gasteiger partial charge in [-0.15, -0.1) is 6.42 Å². The molecule has 0 amide bonds. The van der Waals surface area contributed by atoms with Gasteiger partial charge in [0.05, 0.1) is 14.1 Å². The van der Waals surface area contributed by atoms with E-state index in [0.717, 1.165) is 0 Å². The molecule has 4 nitrogen and oxygen atoms in total. The fourth-order valence-electron chi connectivity index (χ4n) is 0.886. The Morgan fingerprint density at radius 1 is 1.77 bits per heavy atom. The van der Waals surface area contributed by atoms with Gasteiger partial charge in [0.25, 0.3) is 0 Å². The molecule has 0 spiro atoms. The average Bonchev–Trinajstić information content (AvgIpc) is 1.83. The number of terminal acetylenes is 1. The van der Waals surface area contributed by atoms with E-state index in [2.05, 4.69) is 12.5 Å². The highest BCUT2D eigenvalue weighted by atomic mass is 31.2. The van der Waals surface area contributed by atoms with Gasteiger partial charge in [-0.3, -0.25) is 0 Å². The molecule has 0 saturated carbocycles. The average molecular weight is 203 g/mol. The summed E-state index contributed by atoms with van der Waals surface area (Å²) in [7, 11) is -0.876. The van der Waals surface area contributed by atoms with E-state index in [9.17, 15) is 9.46 Å². The van der Waals surface area contributed by atoms with E-state index >= 15 is 0 Å². The molecular formula is C8H14NO3P. The highest BCUT2D eigenvalue weighted by molar-refractivity contribution is 7.55. The molecule has 0 radical (unpaired) electrons. The molecule has 0 aliphatic rings. The molecule has 0 fully saturated rings. The van der Waals surface area contributed by atoms with E-state index in [4.69, 9.17) is 11.3 Å². The molecule has 0 aromatic carbocycles. The molecule has 0 heterocycles. The van der Waals surface area contributed by atoms with Gasteiger partial charge < -0.3 is 18.8 Å². The zero-order valence-electron chi connectivity index (χ0n) is 7.86. The van der Waals surface area contributed by atoms with Crippen LogP contribution in [0.15, 0.2) is 11.9 Å². The van der Waals surface area contributed by atoms with Crippen molar-refractivity contribution in [3.63, 3.8) is 0 Å². The first-order valence-corrected chi connectivity index (χ1v) is 5.24. The Morgan fingerprint density at radius 3 is 2.54 bits per heavy atom. The molecule has 0 bridgehead atoms. The largest absolute Gasteiger partial charge is 0.775 e. The minimum absolute atomic E-state index is 0.126. The molecule has 74 valence electrons. The molecular weight excluding hydrogens is 189 g/mol. The molecule has 13 heavy (non-hydrogen) atoms. The quantitative estimate of drug-likeness (QED) is 0.389. The van der Waals surface area contributed by atoms with Gasteiger partial charge in [-0.05, 0) is 5.92 Å². The van der Waals surface area contributed by atoms with Crippen LogP contribution in [0.5, 0.6) is 0 Å². The zero-order chi connectivity index (χ0) is 10.7. The minimum atomic E-state index is -4.41. The van der Waals surface area contributed by atoms with Crippen LogP contribution < -0.4 is 4.89 Å². The lowest BCUT2D eigenvalue weighted by Crippen LogP contribution is -2.41. The van der Waals surface area contributed by atoms with Crippen molar-refractivity contribution < 1.29 is 18.8 Å². The number of hydrogen-bond donors (Lipinski definition) is 1. The molecule has 0 aromatic heterocycles. The van der Waals surface area contributed by atoms with Crippen molar-refractivity contribution in [2.24, 2.45) is 0 Å². The third kappa shape index (κ3) is 4.87. The van der Waals surface area contributed by atoms with Crippen molar-refractivity contribution in [2.45, 2.75) is 0 Å². The van der Waals surface area contributed by atoms with Gasteiger partial charge in [0.15, 0.2) is 7.60 Å². The standard InChI is InChI=1S/C8H14NO3P/c1-5-6-9(3,4)7-8(2)13(10,11)12/h1H,2,6-7H2,3-4H3,(H-,10,11,12). The maximum absolute atomic E-state index is 10.6. The van der Waals surface area contributed by atoms with E-state index in [1.54, 1.807) is 14.1 Å². The van der Waals surface area contributed by atoms with Crippen LogP contribution in [0, 0.1) is 12.3 Å². The molecule has 0 aromatic rings. The summed E-state index contributed by atoms with van der Waals surface area (Å²) in [6, 6.07) is 0. The van der Waals surface area contributed by atoms with Crippen LogP contribution in [0.2, 0.25) is 0 Å². The summed E-state index contributed by atoms with van der Waals surface area (Å²) in [6.45, 7) is 3.80. The summed E-state index contributed by atoms with van der Waals surface area (Å²) in [6.07, 6.45) is 5.09. The summed E-state index contributed by atoms with van der Waals surface area (Å²) in [4.78, 5) is 19.3. The van der Waals surface area contributed by atoms with Crippen LogP contribution in [0.4, 0.5) is 0 Å². The summed E-state index contributed by atoms with van der Waals surface area (Å²) in [5.41, 5.74) is 0. The first kappa shape index (κ1) is 12.4. The van der Waals surface area contributed by atoms with Gasteiger partial charge in [-0.25, -0.2) is 0 Å². The molecule has 0 aliphatic heterocycles. The molecule has 0 saturated heterocycles. The van der Waals surface area contributed by atoms with E-state index in [0.29, 0.717) is 11.0 Å². The molecule has 1 atom stereocenters. The summed E-state index contributed by atoms with van der Waals surface area (Å²) in [5, 5.41) is -0.187. The monoisotopic (exact) mass is 203 g/mol. The Hall–Kier alpha value is -0.590. The summed E-state index contributed by atoms with van der Waals surface area (Å²) >= 11 is 0. The number of quaternary nitrogens is 1. The second-order valence-electron chi connectivity index (χ2n) is 3.54. The third-order valence-electron chi connectivity index (χ3n) is 1.53. The number of hydrogen-bond acceptors (Lipinski definition) is 2. The fraction of sp³-hybridized carbons (Fsp3) is 0.500. The fourth-order valence-corrected chi connectivity index (χ4v) is 1.45. The van der Waals surface area contributed by atoms with Gasteiger partial charge in [-0.2, -0.15) is 0 Å². The first-order chi connectivity index (χ1) is 5.69. The third-order valence-corrected chi connectivity index (χ3v) is 2.47. The van der Waals surface area contributed by atoms with Crippen molar-refractivity contribution in [1.29, 1.82) is 0 Å². The van der Waals surface area contributed by atoms with Gasteiger partial charge >= 0.3 is 0 Å². The van der Waals surface area contributed by atoms with Crippen LogP contribution in [-0.2, 0) is 4.57 Å². The maximum Gasteiger partial charge on any atom is 0.163 e. The van der Waals surface area contributed by atoms with Crippen LogP contribution in [0.1, 0.15) is 0 Å². The van der Waals surface area contributed by atoms with Crippen molar-refractivity contribution in [3.05, 3.63) is 11.9 Å². The van der Waals surface area contributed by atoms with Crippen LogP contribution in [0.3, 0.4) is 0 Å². The summed E-state index contributed by atoms with van der Waals surface area (Å²) < 4.78 is 10.9. The minimum Gasteiger partial charge on any atom is -0.775 e. The Morgan fingerprint density at radius 2 is 2.23 bits per heavy atom. The van der Waals surface area contributed by atoms with Gasteiger partial charge in [0.2, 0.25) is 0 Å². The normalized spacial score (nSPS) is 15.9. The highest BCUT2D eigenvalue weighted by Gasteiger charge is 2.19. The molecule has 0 rings (SSSR count). The van der Waals surface area contributed by atoms with E-state index in [1.807, 2.05) is 0 Å². The molecule has 5 heteroatoms. The number of rotatable bonds is 4. The van der Waals surface area contributed by atoms with E-state index < -0.39 is 7.60 Å². The van der Waals surface area contributed by atoms with Crippen LogP contribution in [-0.4, -0.2) is 36.6 Å². The molecule has 1 unspecified atom stereocenters. The number of likely N-dealkylation sites (N-methyl/N-ethyl adjacent to an activating group) is 1. The first-order valence-electron chi connectivity index (χ1n) is 3.66. The topological polar surface area (TPSA) is 60.4 Å². The second kappa shape index (κ2) is 4.08. The van der Waals surface area contributed by atoms with Crippen molar-refractivity contribution in [1.82, 2.24) is 0 Å². The Kier molecular flexibility index (Phi) is 3.89. The predicted octanol–water partition coefficient (Wildman–Crippen LogP) is -0.245. The van der Waals surface area contributed by atoms with Gasteiger partial charge in [-0.1, -0.05) is 6.58 Å². The van der Waals surface area contributed by atoms with Crippen molar-refractivity contribution >= 4 is 7.60 Å². The predicted molar refractivity (Wildman–Crippen MR) is 49.6 cm³/mol. The lowest BCUT2D eigenvalue weighted by atomic mass is 10.4. The van der Waals surface area contributed by atoms with Crippen molar-refractivity contribution in [3.8, 4) is 12.3 Å². The number of nitrogens with zero attached hydrogens (tertiary/aromatic N) is 1. The molecule has 0 aliphatic carbocycles. The Balaban J connectivity index is 4.39. The second-order valence-corrected chi connectivity index (χ2v) is 5.22. The van der Waals surface area contributed by atoms with E-state index in [-0.39, 0.29) is 11.9 Å². The SMILES string of the molecule is C#CC[N+](C)(C)CC(=C)P(=O)([O-])O. The lowest BCUT2D eigenvalue weighted by molar-refractivity contribution is -0.877. The zero-order valence-corrected chi connectivity index (χ0v) is 8.75. The molecule has 1 N–H and O–H groups in total. The smallest absolute Gasteiger partial charge is 0.163 e. The maximum atomic E-state index is 10.6. The summed E-state index contributed by atoms with van der Waals surface area (Å²) in [5.74, 6) is 2.42. The van der Waals surface area contributed by atoms with Crippen molar-refractivity contribution in [2.75, 3.05) is 27.2 Å². The van der Waals surface area contributed by atoms with Crippen LogP contribution >= 0.6 is 7.60 Å². The Labute approximate surface area is 78.6 Å². The lowest BCUT2D eigenvalue weighted by Gasteiger charge is -2.30. The van der Waals surface area contributed by atoms with E-state index in [1.165, 1.54) is 0 Å². The van der Waals surface area contributed by atoms with Gasteiger partial charge in [0.1, 0.15) is 13.1 Å². The van der Waals surface area contributed by atoms with Gasteiger partial charge in [0, 0.05) is 5.31 Å². The Bertz CT molecular complexity index is 284. The van der Waals surface area contributed by atoms with Crippen LogP contribution in [0.25, 0.3) is 0 Å².